The molecule has 4 nitrogen and oxygen atoms in total. The van der Waals surface area contributed by atoms with Crippen molar-refractivity contribution < 1.29 is 0 Å². The summed E-state index contributed by atoms with van der Waals surface area (Å²) in [6, 6.07) is 9.21. The molecule has 0 saturated carbocycles. The zero-order chi connectivity index (χ0) is 13.2. The van der Waals surface area contributed by atoms with Crippen molar-refractivity contribution >= 4 is 0 Å². The molecule has 0 radical (unpaired) electrons. The number of H-pyrrole nitrogens is 1. The molecule has 2 aromatic rings. The van der Waals surface area contributed by atoms with Gasteiger partial charge in [-0.3, -0.25) is 9.89 Å². The molecule has 1 aliphatic rings. The second-order valence-corrected chi connectivity index (χ2v) is 4.93. The van der Waals surface area contributed by atoms with Gasteiger partial charge in [0, 0.05) is 11.3 Å². The van der Waals surface area contributed by atoms with E-state index in [1.165, 1.54) is 6.42 Å². The zero-order valence-electron chi connectivity index (χ0n) is 10.6. The Bertz CT molecular complexity index is 703. The molecule has 1 aromatic heterocycles. The summed E-state index contributed by atoms with van der Waals surface area (Å²) in [5.41, 5.74) is 3.31. The summed E-state index contributed by atoms with van der Waals surface area (Å²) < 4.78 is 1.57. The maximum atomic E-state index is 12.4. The second-order valence-electron chi connectivity index (χ2n) is 4.93. The number of hydrogen-bond acceptors (Lipinski definition) is 2. The van der Waals surface area contributed by atoms with Crippen molar-refractivity contribution in [2.24, 2.45) is 0 Å². The Hall–Kier alpha value is -2.28. The molecular weight excluding hydrogens is 238 g/mol. The van der Waals surface area contributed by atoms with Gasteiger partial charge in [0.1, 0.15) is 0 Å². The van der Waals surface area contributed by atoms with Gasteiger partial charge in [-0.15, -0.1) is 0 Å². The van der Waals surface area contributed by atoms with Gasteiger partial charge in [-0.2, -0.15) is 5.26 Å². The molecule has 0 fully saturated rings. The lowest BCUT2D eigenvalue weighted by molar-refractivity contribution is 0.690. The van der Waals surface area contributed by atoms with Crippen LogP contribution in [0.2, 0.25) is 0 Å². The van der Waals surface area contributed by atoms with Gasteiger partial charge in [-0.05, 0) is 43.9 Å². The predicted molar refractivity (Wildman–Crippen MR) is 72.4 cm³/mol. The fourth-order valence-electron chi connectivity index (χ4n) is 2.66. The molecule has 0 spiro atoms. The van der Waals surface area contributed by atoms with E-state index in [0.717, 1.165) is 42.6 Å². The smallest absolute Gasteiger partial charge is 0.274 e. The number of hydrogen-bond donors (Lipinski definition) is 1. The Morgan fingerprint density at radius 1 is 1.21 bits per heavy atom. The number of rotatable bonds is 1. The summed E-state index contributed by atoms with van der Waals surface area (Å²) in [6.07, 6.45) is 5.19. The van der Waals surface area contributed by atoms with Gasteiger partial charge in [0.15, 0.2) is 0 Å². The number of nitrogens with one attached hydrogen (secondary N) is 1. The molecular formula is C15H15N3O. The first-order valence-corrected chi connectivity index (χ1v) is 6.63. The van der Waals surface area contributed by atoms with E-state index < -0.39 is 0 Å². The molecule has 19 heavy (non-hydrogen) atoms. The number of nitriles is 1. The third-order valence-electron chi connectivity index (χ3n) is 3.66. The fraction of sp³-hybridized carbons (Fsp3) is 0.333. The van der Waals surface area contributed by atoms with Crippen molar-refractivity contribution in [2.75, 3.05) is 0 Å². The van der Waals surface area contributed by atoms with Crippen molar-refractivity contribution in [3.63, 3.8) is 0 Å². The number of fused-ring (bicyclic) bond motifs is 1. The number of aromatic nitrogens is 2. The minimum Gasteiger partial charge on any atom is -0.295 e. The van der Waals surface area contributed by atoms with Crippen LogP contribution in [0.25, 0.3) is 5.69 Å². The molecule has 1 N–H and O–H groups in total. The van der Waals surface area contributed by atoms with E-state index in [2.05, 4.69) is 11.2 Å². The van der Waals surface area contributed by atoms with Gasteiger partial charge < -0.3 is 0 Å². The highest BCUT2D eigenvalue weighted by atomic mass is 16.1. The van der Waals surface area contributed by atoms with Crippen LogP contribution >= 0.6 is 0 Å². The van der Waals surface area contributed by atoms with Gasteiger partial charge in [0.2, 0.25) is 0 Å². The van der Waals surface area contributed by atoms with Crippen LogP contribution in [0, 0.1) is 11.3 Å². The van der Waals surface area contributed by atoms with Crippen LogP contribution in [0.3, 0.4) is 0 Å². The summed E-state index contributed by atoms with van der Waals surface area (Å²) in [4.78, 5) is 12.4. The fourth-order valence-corrected chi connectivity index (χ4v) is 2.66. The lowest BCUT2D eigenvalue weighted by Gasteiger charge is -2.02. The van der Waals surface area contributed by atoms with Gasteiger partial charge in [-0.25, -0.2) is 4.68 Å². The highest BCUT2D eigenvalue weighted by Crippen LogP contribution is 2.17. The molecule has 0 unspecified atom stereocenters. The molecule has 1 aromatic carbocycles. The Balaban J connectivity index is 2.11. The van der Waals surface area contributed by atoms with Gasteiger partial charge in [-0.1, -0.05) is 12.5 Å². The Labute approximate surface area is 111 Å². The minimum absolute atomic E-state index is 0.0342. The molecule has 1 aliphatic carbocycles. The molecule has 0 atom stereocenters. The van der Waals surface area contributed by atoms with Crippen molar-refractivity contribution in [1.82, 2.24) is 9.78 Å². The van der Waals surface area contributed by atoms with Crippen molar-refractivity contribution in [3.8, 4) is 11.8 Å². The summed E-state index contributed by atoms with van der Waals surface area (Å²) in [5, 5.41) is 12.1. The highest BCUT2D eigenvalue weighted by molar-refractivity contribution is 5.41. The molecule has 96 valence electrons. The third-order valence-corrected chi connectivity index (χ3v) is 3.66. The maximum absolute atomic E-state index is 12.4. The van der Waals surface area contributed by atoms with E-state index in [0.29, 0.717) is 5.56 Å². The first-order valence-electron chi connectivity index (χ1n) is 6.63. The average molecular weight is 253 g/mol. The predicted octanol–water partition coefficient (Wildman–Crippen LogP) is 2.31. The average Bonchev–Trinajstić information content (AvgIpc) is 2.64. The number of nitrogens with zero attached hydrogens (tertiary/aromatic N) is 2. The van der Waals surface area contributed by atoms with Crippen molar-refractivity contribution in [2.45, 2.75) is 32.1 Å². The SMILES string of the molecule is N#Cc1cccc(-n2[nH]c3c(c2=O)CCCCC3)c1. The van der Waals surface area contributed by atoms with E-state index in [9.17, 15) is 4.79 Å². The van der Waals surface area contributed by atoms with E-state index in [-0.39, 0.29) is 5.56 Å². The van der Waals surface area contributed by atoms with E-state index in [1.54, 1.807) is 22.9 Å². The Morgan fingerprint density at radius 3 is 2.89 bits per heavy atom. The van der Waals surface area contributed by atoms with Gasteiger partial charge in [0.05, 0.1) is 17.3 Å². The van der Waals surface area contributed by atoms with Crippen LogP contribution in [0.1, 0.15) is 36.1 Å². The molecule has 4 heteroatoms. The van der Waals surface area contributed by atoms with Crippen molar-refractivity contribution in [1.29, 1.82) is 5.26 Å². The van der Waals surface area contributed by atoms with E-state index in [4.69, 9.17) is 5.26 Å². The lowest BCUT2D eigenvalue weighted by Crippen LogP contribution is -2.17. The third kappa shape index (κ3) is 2.08. The first kappa shape index (κ1) is 11.8. The monoisotopic (exact) mass is 253 g/mol. The molecule has 0 saturated heterocycles. The van der Waals surface area contributed by atoms with Crippen LogP contribution < -0.4 is 5.56 Å². The van der Waals surface area contributed by atoms with Crippen LogP contribution in [-0.4, -0.2) is 9.78 Å². The highest BCUT2D eigenvalue weighted by Gasteiger charge is 2.17. The summed E-state index contributed by atoms with van der Waals surface area (Å²) in [5.74, 6) is 0. The zero-order valence-corrected chi connectivity index (χ0v) is 10.6. The number of benzene rings is 1. The molecule has 3 rings (SSSR count). The topological polar surface area (TPSA) is 61.6 Å². The number of aryl methyl sites for hydroxylation is 1. The lowest BCUT2D eigenvalue weighted by atomic mass is 10.1. The van der Waals surface area contributed by atoms with Crippen molar-refractivity contribution in [3.05, 3.63) is 51.4 Å². The van der Waals surface area contributed by atoms with E-state index >= 15 is 0 Å². The molecule has 1 heterocycles. The second kappa shape index (κ2) is 4.77. The molecule has 0 bridgehead atoms. The van der Waals surface area contributed by atoms with Crippen LogP contribution in [0.15, 0.2) is 29.1 Å². The molecule has 0 aliphatic heterocycles. The van der Waals surface area contributed by atoms with Gasteiger partial charge >= 0.3 is 0 Å². The van der Waals surface area contributed by atoms with Crippen LogP contribution in [-0.2, 0) is 12.8 Å². The quantitative estimate of drug-likeness (QED) is 0.793. The largest absolute Gasteiger partial charge is 0.295 e. The molecule has 0 amide bonds. The minimum atomic E-state index is 0.0342. The van der Waals surface area contributed by atoms with Crippen LogP contribution in [0.5, 0.6) is 0 Å². The van der Waals surface area contributed by atoms with Crippen LogP contribution in [0.4, 0.5) is 0 Å². The first-order chi connectivity index (χ1) is 9.29. The standard InChI is InChI=1S/C15H15N3O/c16-10-11-5-4-6-12(9-11)18-15(19)13-7-2-1-3-8-14(13)17-18/h4-6,9,17H,1-3,7-8H2. The number of aromatic amines is 1. The Morgan fingerprint density at radius 2 is 2.05 bits per heavy atom. The summed E-state index contributed by atoms with van der Waals surface area (Å²) >= 11 is 0. The normalized spacial score (nSPS) is 14.5. The van der Waals surface area contributed by atoms with E-state index in [1.807, 2.05) is 6.07 Å². The summed E-state index contributed by atoms with van der Waals surface area (Å²) in [6.45, 7) is 0. The summed E-state index contributed by atoms with van der Waals surface area (Å²) in [7, 11) is 0. The van der Waals surface area contributed by atoms with Gasteiger partial charge in [0.25, 0.3) is 5.56 Å². The maximum Gasteiger partial charge on any atom is 0.274 e. The Kier molecular flexibility index (Phi) is 2.96.